The van der Waals surface area contributed by atoms with Gasteiger partial charge in [0.05, 0.1) is 22.8 Å². The Labute approximate surface area is 285 Å². The van der Waals surface area contributed by atoms with E-state index in [-0.39, 0.29) is 59.2 Å². The number of hydrogen-bond acceptors (Lipinski definition) is 8. The zero-order chi connectivity index (χ0) is 34.7. The molecule has 1 N–H and O–H groups in total. The minimum absolute atomic E-state index is 0.0570. The molecular formula is C37H34F3N5O5. The van der Waals surface area contributed by atoms with Crippen molar-refractivity contribution in [3.05, 3.63) is 59.4 Å². The molecule has 13 heteroatoms. The van der Waals surface area contributed by atoms with Crippen molar-refractivity contribution in [3.8, 4) is 35.4 Å². The van der Waals surface area contributed by atoms with Crippen LogP contribution < -0.4 is 9.47 Å². The average Bonchev–Trinajstić information content (AvgIpc) is 3.73. The van der Waals surface area contributed by atoms with Crippen LogP contribution in [-0.4, -0.2) is 93.3 Å². The molecule has 2 bridgehead atoms. The molecule has 0 spiro atoms. The third-order valence-electron chi connectivity index (χ3n) is 10.6. The second kappa shape index (κ2) is 12.4. The largest absolute Gasteiger partial charge is 0.468 e. The van der Waals surface area contributed by atoms with Gasteiger partial charge in [0, 0.05) is 48.6 Å². The molecule has 258 valence electrons. The summed E-state index contributed by atoms with van der Waals surface area (Å²) >= 11 is 0. The van der Waals surface area contributed by atoms with E-state index in [1.165, 1.54) is 36.4 Å². The summed E-state index contributed by atoms with van der Waals surface area (Å²) in [6.45, 7) is 1.16. The molecule has 0 aliphatic carbocycles. The predicted molar refractivity (Wildman–Crippen MR) is 178 cm³/mol. The number of methoxy groups -OCH3 is 1. The van der Waals surface area contributed by atoms with E-state index in [0.29, 0.717) is 54.4 Å². The van der Waals surface area contributed by atoms with Crippen molar-refractivity contribution in [1.29, 1.82) is 0 Å². The first-order valence-corrected chi connectivity index (χ1v) is 16.6. The van der Waals surface area contributed by atoms with Crippen molar-refractivity contribution in [2.45, 2.75) is 62.3 Å². The molecule has 3 fully saturated rings. The molecular weight excluding hydrogens is 651 g/mol. The molecule has 2 aromatic carbocycles. The van der Waals surface area contributed by atoms with Crippen LogP contribution in [-0.2, 0) is 4.74 Å². The van der Waals surface area contributed by atoms with E-state index in [1.54, 1.807) is 6.07 Å². The molecule has 4 aliphatic rings. The second-order valence-corrected chi connectivity index (χ2v) is 13.5. The minimum Gasteiger partial charge on any atom is -0.468 e. The van der Waals surface area contributed by atoms with Crippen LogP contribution in [0.5, 0.6) is 11.8 Å². The predicted octanol–water partition coefficient (Wildman–Crippen LogP) is 6.34. The van der Waals surface area contributed by atoms with Gasteiger partial charge in [-0.15, -0.1) is 6.42 Å². The van der Waals surface area contributed by atoms with Gasteiger partial charge in [-0.1, -0.05) is 18.1 Å². The fraction of sp³-hybridized carbons (Fsp3) is 0.405. The summed E-state index contributed by atoms with van der Waals surface area (Å²) in [5.74, 6) is 1.26. The van der Waals surface area contributed by atoms with Gasteiger partial charge in [-0.3, -0.25) is 14.8 Å². The Bertz CT molecular complexity index is 2120. The number of amides is 1. The fourth-order valence-electron chi connectivity index (χ4n) is 8.44. The van der Waals surface area contributed by atoms with Gasteiger partial charge in [0.2, 0.25) is 0 Å². The molecule has 0 saturated carbocycles. The third kappa shape index (κ3) is 5.29. The number of nitrogens with zero attached hydrogens (tertiary/aromatic N) is 5. The summed E-state index contributed by atoms with van der Waals surface area (Å²) in [6, 6.07) is 5.27. The number of hydrogen-bond donors (Lipinski definition) is 1. The van der Waals surface area contributed by atoms with Gasteiger partial charge in [-0.05, 0) is 67.8 Å². The summed E-state index contributed by atoms with van der Waals surface area (Å²) in [4.78, 5) is 29.4. The summed E-state index contributed by atoms with van der Waals surface area (Å²) in [5, 5.41) is 10.9. The number of benzene rings is 2. The normalized spacial score (nSPS) is 24.4. The number of halogens is 3. The van der Waals surface area contributed by atoms with Crippen molar-refractivity contribution < 1.29 is 37.3 Å². The van der Waals surface area contributed by atoms with Gasteiger partial charge in [0.25, 0.3) is 0 Å². The summed E-state index contributed by atoms with van der Waals surface area (Å²) < 4.78 is 63.7. The number of pyridine rings is 1. The first-order chi connectivity index (χ1) is 24.2. The Hall–Kier alpha value is -4.93. The highest BCUT2D eigenvalue weighted by Gasteiger charge is 2.49. The van der Waals surface area contributed by atoms with E-state index >= 15 is 8.78 Å². The molecule has 0 radical (unpaired) electrons. The Kier molecular flexibility index (Phi) is 8.03. The van der Waals surface area contributed by atoms with E-state index in [4.69, 9.17) is 25.6 Å². The Morgan fingerprint density at radius 2 is 2.04 bits per heavy atom. The smallest absolute Gasteiger partial charge is 0.408 e. The van der Waals surface area contributed by atoms with Crippen molar-refractivity contribution in [3.63, 3.8) is 0 Å². The van der Waals surface area contributed by atoms with Gasteiger partial charge in [0.1, 0.15) is 35.6 Å². The molecule has 4 aromatic rings. The summed E-state index contributed by atoms with van der Waals surface area (Å²) in [5.41, 5.74) is 0.530. The van der Waals surface area contributed by atoms with Gasteiger partial charge >= 0.3 is 12.1 Å². The van der Waals surface area contributed by atoms with E-state index < -0.39 is 29.4 Å². The fourth-order valence-corrected chi connectivity index (χ4v) is 8.44. The van der Waals surface area contributed by atoms with E-state index in [1.807, 2.05) is 6.08 Å². The maximum atomic E-state index is 17.1. The molecule has 10 nitrogen and oxygen atoms in total. The Balaban J connectivity index is 1.30. The zero-order valence-electron chi connectivity index (χ0n) is 27.3. The molecule has 0 unspecified atom stereocenters. The maximum Gasteiger partial charge on any atom is 0.408 e. The molecule has 8 rings (SSSR count). The molecule has 2 aromatic heterocycles. The first kappa shape index (κ1) is 32.3. The van der Waals surface area contributed by atoms with Gasteiger partial charge in [0.15, 0.2) is 12.6 Å². The van der Waals surface area contributed by atoms with Crippen LogP contribution in [0.1, 0.15) is 49.8 Å². The van der Waals surface area contributed by atoms with Crippen LogP contribution >= 0.6 is 0 Å². The number of carbonyl (C=O) groups is 1. The third-order valence-corrected chi connectivity index (χ3v) is 10.6. The molecule has 1 amide bonds. The lowest BCUT2D eigenvalue weighted by atomic mass is 9.94. The van der Waals surface area contributed by atoms with Crippen LogP contribution in [0.2, 0.25) is 0 Å². The topological polar surface area (TPSA) is 110 Å². The number of alkyl halides is 1. The maximum absolute atomic E-state index is 17.1. The lowest BCUT2D eigenvalue weighted by Gasteiger charge is -2.32. The first-order valence-electron chi connectivity index (χ1n) is 16.6. The molecule has 3 saturated heterocycles. The van der Waals surface area contributed by atoms with E-state index in [0.717, 1.165) is 25.0 Å². The number of carboxylic acid groups (broad SMARTS) is 1. The molecule has 50 heavy (non-hydrogen) atoms. The highest BCUT2D eigenvalue weighted by molar-refractivity contribution is 6.03. The number of aromatic nitrogens is 3. The molecule has 4 atom stereocenters. The lowest BCUT2D eigenvalue weighted by Crippen LogP contribution is -2.43. The van der Waals surface area contributed by atoms with Crippen molar-refractivity contribution in [2.75, 3.05) is 33.6 Å². The number of rotatable bonds is 8. The van der Waals surface area contributed by atoms with Crippen LogP contribution in [0.25, 0.3) is 38.5 Å². The quantitative estimate of drug-likeness (QED) is 0.168. The van der Waals surface area contributed by atoms with Crippen LogP contribution in [0, 0.1) is 24.0 Å². The van der Waals surface area contributed by atoms with E-state index in [9.17, 15) is 14.3 Å². The van der Waals surface area contributed by atoms with Crippen LogP contribution in [0.15, 0.2) is 36.5 Å². The molecule has 4 aliphatic heterocycles. The summed E-state index contributed by atoms with van der Waals surface area (Å²) in [7, 11) is 1.47. The number of fused-ring (bicyclic) bond motifs is 5. The molecule has 6 heterocycles. The average molecular weight is 686 g/mol. The summed E-state index contributed by atoms with van der Waals surface area (Å²) in [6.07, 6.45) is 10.9. The van der Waals surface area contributed by atoms with Gasteiger partial charge < -0.3 is 19.3 Å². The highest BCUT2D eigenvalue weighted by atomic mass is 19.1. The monoisotopic (exact) mass is 685 g/mol. The zero-order valence-corrected chi connectivity index (χ0v) is 27.3. The van der Waals surface area contributed by atoms with Gasteiger partial charge in [-0.25, -0.2) is 18.0 Å². The number of ether oxygens (including phenoxy) is 3. The highest BCUT2D eigenvalue weighted by Crippen LogP contribution is 2.43. The minimum atomic E-state index is -0.989. The van der Waals surface area contributed by atoms with Crippen molar-refractivity contribution in [2.24, 2.45) is 0 Å². The Morgan fingerprint density at radius 3 is 2.82 bits per heavy atom. The Morgan fingerprint density at radius 1 is 1.18 bits per heavy atom. The number of terminal acetylenes is 1. The second-order valence-electron chi connectivity index (χ2n) is 13.5. The van der Waals surface area contributed by atoms with Crippen molar-refractivity contribution in [1.82, 2.24) is 24.8 Å². The van der Waals surface area contributed by atoms with E-state index in [2.05, 4.69) is 20.8 Å². The van der Waals surface area contributed by atoms with Crippen LogP contribution in [0.4, 0.5) is 18.0 Å². The SMILES string of the molecule is C#Cc1c(F)ccc2cc(OCOC)cc(-c3ncc4c(C5=C[C@@H]6CC[C@H](C5)N6C(=O)O)nc(OC[C@@]56CCCN5C[C@H](F)C6)nc4c3F)c12. The van der Waals surface area contributed by atoms with Crippen LogP contribution in [0.3, 0.4) is 0 Å². The standard InChI is InChI=1S/C37H34F3N5O5/c1-3-26-29(39)8-5-20-13-25(50-19-48-2)14-27(30(20)26)33-31(40)34-28(16-41-33)32(21-11-23-6-7-24(12-21)45(23)36(46)47)42-35(43-34)49-18-37-9-4-10-44(37)17-22(38)15-37/h1,5,8,11,13-14,16,22-24H,4,6-7,9-10,12,15,17-19H2,2H3,(H,46,47)/t22-,23+,24-,37+/m1/s1. The van der Waals surface area contributed by atoms with Gasteiger partial charge in [-0.2, -0.15) is 9.97 Å². The lowest BCUT2D eigenvalue weighted by molar-refractivity contribution is 0.0512. The van der Waals surface area contributed by atoms with Crippen molar-refractivity contribution >= 4 is 33.3 Å².